The maximum absolute atomic E-state index is 11.2. The molecule has 4 N–H and O–H groups in total. The number of hydrogen-bond acceptors (Lipinski definition) is 7. The first-order chi connectivity index (χ1) is 9.99. The van der Waals surface area contributed by atoms with Crippen LogP contribution < -0.4 is 10.2 Å². The topological polar surface area (TPSA) is 132 Å². The molecular formula is C12H16N5O4+. The van der Waals surface area contributed by atoms with Crippen LogP contribution in [0.4, 0.5) is 0 Å². The van der Waals surface area contributed by atoms with Gasteiger partial charge in [-0.25, -0.2) is 0 Å². The number of rotatable bonds is 4. The molecule has 0 spiro atoms. The Bertz CT molecular complexity index is 556. The average Bonchev–Trinajstić information content (AvgIpc) is 2.72. The lowest BCUT2D eigenvalue weighted by Gasteiger charge is -2.33. The quantitative estimate of drug-likeness (QED) is 0.305. The molecule has 0 radical (unpaired) electrons. The van der Waals surface area contributed by atoms with Crippen LogP contribution in [0.2, 0.25) is 0 Å². The highest BCUT2D eigenvalue weighted by molar-refractivity contribution is 5.89. The van der Waals surface area contributed by atoms with Gasteiger partial charge in [0.25, 0.3) is 11.6 Å². The fraction of sp³-hybridized carbons (Fsp3) is 0.417. The van der Waals surface area contributed by atoms with Gasteiger partial charge in [-0.2, -0.15) is 0 Å². The Kier molecular flexibility index (Phi) is 4.01. The van der Waals surface area contributed by atoms with Crippen LogP contribution in [0.3, 0.4) is 0 Å². The Morgan fingerprint density at radius 3 is 2.95 bits per heavy atom. The summed E-state index contributed by atoms with van der Waals surface area (Å²) in [7, 11) is 0. The average molecular weight is 294 g/mol. The van der Waals surface area contributed by atoms with E-state index in [4.69, 9.17) is 10.3 Å². The van der Waals surface area contributed by atoms with Crippen LogP contribution in [0.1, 0.15) is 0 Å². The molecule has 112 valence electrons. The Morgan fingerprint density at radius 2 is 2.43 bits per heavy atom. The number of nitrogens with one attached hydrogen (secondary N) is 2. The van der Waals surface area contributed by atoms with Gasteiger partial charge in [-0.05, 0) is 0 Å². The molecule has 9 nitrogen and oxygen atoms in total. The molecular weight excluding hydrogens is 278 g/mol. The monoisotopic (exact) mass is 294 g/mol. The minimum absolute atomic E-state index is 0.253. The molecule has 1 fully saturated rings. The summed E-state index contributed by atoms with van der Waals surface area (Å²) in [5, 5.41) is 25.8. The van der Waals surface area contributed by atoms with E-state index in [-0.39, 0.29) is 11.7 Å². The van der Waals surface area contributed by atoms with Crippen molar-refractivity contribution in [3.63, 3.8) is 0 Å². The highest BCUT2D eigenvalue weighted by Gasteiger charge is 2.59. The first kappa shape index (κ1) is 15.1. The smallest absolute Gasteiger partial charge is 0.293 e. The van der Waals surface area contributed by atoms with Crippen molar-refractivity contribution >= 4 is 5.91 Å². The maximum Gasteiger partial charge on any atom is 0.293 e. The van der Waals surface area contributed by atoms with Gasteiger partial charge in [0, 0.05) is 12.3 Å². The predicted octanol–water partition coefficient (Wildman–Crippen LogP) is -0.839. The van der Waals surface area contributed by atoms with E-state index in [0.717, 1.165) is 0 Å². The molecule has 1 amide bonds. The van der Waals surface area contributed by atoms with Crippen molar-refractivity contribution in [3.05, 3.63) is 37.3 Å². The van der Waals surface area contributed by atoms with Crippen molar-refractivity contribution in [1.82, 2.24) is 15.1 Å². The first-order valence-electron chi connectivity index (χ1n) is 6.13. The zero-order chi connectivity index (χ0) is 15.6. The van der Waals surface area contributed by atoms with Gasteiger partial charge in [-0.1, -0.05) is 12.7 Å². The van der Waals surface area contributed by atoms with Gasteiger partial charge in [-0.15, -0.1) is 6.58 Å². The molecule has 0 aromatic rings. The molecule has 2 aliphatic heterocycles. The normalized spacial score (nSPS) is 35.3. The Morgan fingerprint density at radius 1 is 1.71 bits per heavy atom. The summed E-state index contributed by atoms with van der Waals surface area (Å²) >= 11 is 0. The second-order valence-electron chi connectivity index (χ2n) is 4.63. The highest BCUT2D eigenvalue weighted by atomic mass is 16.6. The van der Waals surface area contributed by atoms with Gasteiger partial charge in [0.05, 0.1) is 5.92 Å². The molecule has 0 unspecified atom stereocenters. The number of aliphatic hydroxyl groups is 2. The Balaban J connectivity index is 2.38. The van der Waals surface area contributed by atoms with Crippen LogP contribution in [0.25, 0.3) is 0 Å². The zero-order valence-corrected chi connectivity index (χ0v) is 11.1. The summed E-state index contributed by atoms with van der Waals surface area (Å²) in [5.74, 6) is -0.716. The molecule has 4 atom stereocenters. The first-order valence-corrected chi connectivity index (χ1v) is 6.13. The van der Waals surface area contributed by atoms with E-state index in [0.29, 0.717) is 0 Å². The van der Waals surface area contributed by atoms with Gasteiger partial charge >= 0.3 is 0 Å². The van der Waals surface area contributed by atoms with E-state index in [1.165, 1.54) is 23.3 Å². The minimum Gasteiger partial charge on any atom is -0.391 e. The van der Waals surface area contributed by atoms with Crippen LogP contribution in [-0.4, -0.2) is 45.7 Å². The third-order valence-corrected chi connectivity index (χ3v) is 3.44. The van der Waals surface area contributed by atoms with Gasteiger partial charge in [0.2, 0.25) is 4.91 Å². The zero-order valence-electron chi connectivity index (χ0n) is 11.1. The van der Waals surface area contributed by atoms with Crippen molar-refractivity contribution in [2.75, 3.05) is 6.61 Å². The fourth-order valence-electron chi connectivity index (χ4n) is 2.36. The maximum atomic E-state index is 11.2. The van der Waals surface area contributed by atoms with Gasteiger partial charge in [-0.3, -0.25) is 4.79 Å². The molecule has 21 heavy (non-hydrogen) atoms. The molecule has 0 bridgehead atoms. The minimum atomic E-state index is -1.75. The number of ether oxygens (including phenoxy) is 1. The van der Waals surface area contributed by atoms with Crippen molar-refractivity contribution in [3.8, 4) is 0 Å². The highest BCUT2D eigenvalue weighted by Crippen LogP contribution is 2.39. The second kappa shape index (κ2) is 5.58. The third kappa shape index (κ3) is 2.39. The van der Waals surface area contributed by atoms with Crippen molar-refractivity contribution in [1.29, 1.82) is 5.53 Å². The summed E-state index contributed by atoms with van der Waals surface area (Å²) in [5.41, 5.74) is 5.06. The van der Waals surface area contributed by atoms with E-state index in [1.54, 1.807) is 0 Å². The number of aliphatic hydroxyl groups excluding tert-OH is 2. The summed E-state index contributed by atoms with van der Waals surface area (Å²) < 4.78 is 5.61. The van der Waals surface area contributed by atoms with Crippen molar-refractivity contribution in [2.24, 2.45) is 11.0 Å². The van der Waals surface area contributed by atoms with Crippen LogP contribution in [0.15, 0.2) is 42.4 Å². The lowest BCUT2D eigenvalue weighted by Crippen LogP contribution is -2.44. The number of carbonyl (C=O) groups is 1. The fourth-order valence-corrected chi connectivity index (χ4v) is 2.36. The number of nitrogens with zero attached hydrogens (tertiary/aromatic N) is 3. The Hall–Kier alpha value is -2.32. The Labute approximate surface area is 120 Å². The summed E-state index contributed by atoms with van der Waals surface area (Å²) in [4.78, 5) is 15.6. The van der Waals surface area contributed by atoms with E-state index >= 15 is 0 Å². The van der Waals surface area contributed by atoms with Gasteiger partial charge in [0.15, 0.2) is 5.11 Å². The van der Waals surface area contributed by atoms with Crippen LogP contribution in [0, 0.1) is 11.4 Å². The number of hydrogen-bond donors (Lipinski definition) is 4. The van der Waals surface area contributed by atoms with Crippen molar-refractivity contribution < 1.29 is 19.7 Å². The lowest BCUT2D eigenvalue weighted by molar-refractivity contribution is -0.136. The summed E-state index contributed by atoms with van der Waals surface area (Å²) in [6.45, 7) is 6.67. The largest absolute Gasteiger partial charge is 0.391 e. The van der Waals surface area contributed by atoms with Crippen molar-refractivity contribution in [2.45, 2.75) is 18.1 Å². The molecule has 0 saturated carbocycles. The molecule has 2 heterocycles. The lowest BCUT2D eigenvalue weighted by atomic mass is 9.96. The standard InChI is InChI=1S/C12H15N5O4/c1-3-8-10(20)12(6-18,15-16-13)21-11(8)17-5-4-9(19)14-7(17)2/h3-5,8,10-11,13,18,20H,1-2,6H2/p+1/t8-,10-,11+,12+/m0/s1. The molecule has 0 aromatic heterocycles. The third-order valence-electron chi connectivity index (χ3n) is 3.44. The molecule has 0 aromatic carbocycles. The molecule has 2 rings (SSSR count). The molecule has 2 aliphatic rings. The van der Waals surface area contributed by atoms with E-state index in [9.17, 15) is 15.0 Å². The summed E-state index contributed by atoms with van der Waals surface area (Å²) in [6, 6.07) is 0. The van der Waals surface area contributed by atoms with Crippen LogP contribution in [-0.2, 0) is 9.53 Å². The van der Waals surface area contributed by atoms with Crippen LogP contribution >= 0.6 is 0 Å². The SMILES string of the molecule is C=C[C@@H]1[C@H](N2C=CC(=O)NC2=C)O[C@@](CO)(N=[N+]=N)[C@H]1O. The van der Waals surface area contributed by atoms with E-state index < -0.39 is 30.6 Å². The van der Waals surface area contributed by atoms with Gasteiger partial charge in [0.1, 0.15) is 30.3 Å². The molecule has 1 saturated heterocycles. The molecule has 9 heteroatoms. The van der Waals surface area contributed by atoms with E-state index in [1.807, 2.05) is 0 Å². The van der Waals surface area contributed by atoms with Gasteiger partial charge < -0.3 is 25.2 Å². The molecule has 0 aliphatic carbocycles. The second-order valence-corrected chi connectivity index (χ2v) is 4.63. The summed E-state index contributed by atoms with van der Waals surface area (Å²) in [6.07, 6.45) is 2.11. The number of amides is 1. The van der Waals surface area contributed by atoms with Crippen LogP contribution in [0.5, 0.6) is 0 Å². The van der Waals surface area contributed by atoms with E-state index in [2.05, 4.69) is 28.5 Å². The predicted molar refractivity (Wildman–Crippen MR) is 69.9 cm³/mol. The number of carbonyl (C=O) groups excluding carboxylic acids is 1.